The predicted molar refractivity (Wildman–Crippen MR) is 87.8 cm³/mol. The number of methoxy groups -OCH3 is 1. The second kappa shape index (κ2) is 7.31. The highest BCUT2D eigenvalue weighted by atomic mass is 16.5. The first kappa shape index (κ1) is 15.6. The van der Waals surface area contributed by atoms with Gasteiger partial charge in [0.2, 0.25) is 0 Å². The lowest BCUT2D eigenvalue weighted by Crippen LogP contribution is -2.13. The van der Waals surface area contributed by atoms with Crippen LogP contribution in [0.1, 0.15) is 15.9 Å². The van der Waals surface area contributed by atoms with Crippen LogP contribution in [0, 0.1) is 6.92 Å². The molecule has 0 atom stereocenters. The Bertz CT molecular complexity index is 680. The molecule has 0 bridgehead atoms. The van der Waals surface area contributed by atoms with E-state index in [9.17, 15) is 4.79 Å². The SMILES string of the molecule is C=CCOc1cccc(C(=O)Nc2cc(C)ccc2OC)c1. The molecule has 0 saturated heterocycles. The Morgan fingerprint density at radius 2 is 2.09 bits per heavy atom. The van der Waals surface area contributed by atoms with Gasteiger partial charge in [-0.2, -0.15) is 0 Å². The maximum Gasteiger partial charge on any atom is 0.255 e. The van der Waals surface area contributed by atoms with Gasteiger partial charge in [0, 0.05) is 5.56 Å². The van der Waals surface area contributed by atoms with Gasteiger partial charge in [-0.3, -0.25) is 4.79 Å². The summed E-state index contributed by atoms with van der Waals surface area (Å²) >= 11 is 0. The summed E-state index contributed by atoms with van der Waals surface area (Å²) in [5.41, 5.74) is 2.20. The molecule has 1 amide bonds. The summed E-state index contributed by atoms with van der Waals surface area (Å²) in [6.45, 7) is 5.96. The van der Waals surface area contributed by atoms with Crippen molar-refractivity contribution in [2.45, 2.75) is 6.92 Å². The van der Waals surface area contributed by atoms with Gasteiger partial charge in [0.1, 0.15) is 18.1 Å². The van der Waals surface area contributed by atoms with Crippen LogP contribution in [-0.4, -0.2) is 19.6 Å². The van der Waals surface area contributed by atoms with E-state index in [2.05, 4.69) is 11.9 Å². The van der Waals surface area contributed by atoms with E-state index >= 15 is 0 Å². The minimum absolute atomic E-state index is 0.215. The molecule has 0 spiro atoms. The summed E-state index contributed by atoms with van der Waals surface area (Å²) in [7, 11) is 1.57. The highest BCUT2D eigenvalue weighted by Crippen LogP contribution is 2.26. The van der Waals surface area contributed by atoms with Crippen LogP contribution >= 0.6 is 0 Å². The van der Waals surface area contributed by atoms with Gasteiger partial charge in [0.05, 0.1) is 12.8 Å². The number of rotatable bonds is 6. The quantitative estimate of drug-likeness (QED) is 0.825. The predicted octanol–water partition coefficient (Wildman–Crippen LogP) is 3.82. The Labute approximate surface area is 130 Å². The molecule has 0 radical (unpaired) electrons. The van der Waals surface area contributed by atoms with Gasteiger partial charge in [0.25, 0.3) is 5.91 Å². The van der Waals surface area contributed by atoms with Crippen LogP contribution in [-0.2, 0) is 0 Å². The van der Waals surface area contributed by atoms with Crippen LogP contribution in [0.4, 0.5) is 5.69 Å². The number of carbonyl (C=O) groups excluding carboxylic acids is 1. The molecule has 2 aromatic carbocycles. The van der Waals surface area contributed by atoms with Crippen LogP contribution in [0.2, 0.25) is 0 Å². The zero-order valence-electron chi connectivity index (χ0n) is 12.8. The van der Waals surface area contributed by atoms with Crippen LogP contribution in [0.5, 0.6) is 11.5 Å². The summed E-state index contributed by atoms with van der Waals surface area (Å²) in [6, 6.07) is 12.6. The molecule has 2 rings (SSSR count). The van der Waals surface area contributed by atoms with Crippen molar-refractivity contribution in [2.24, 2.45) is 0 Å². The molecule has 114 valence electrons. The van der Waals surface area contributed by atoms with E-state index in [1.54, 1.807) is 37.5 Å². The molecule has 0 unspecified atom stereocenters. The number of hydrogen-bond acceptors (Lipinski definition) is 3. The van der Waals surface area contributed by atoms with Gasteiger partial charge in [-0.25, -0.2) is 0 Å². The Morgan fingerprint density at radius 1 is 1.27 bits per heavy atom. The maximum absolute atomic E-state index is 12.4. The fourth-order valence-electron chi connectivity index (χ4n) is 2.00. The fourth-order valence-corrected chi connectivity index (χ4v) is 2.00. The standard InChI is InChI=1S/C18H19NO3/c1-4-10-22-15-7-5-6-14(12-15)18(20)19-16-11-13(2)8-9-17(16)21-3/h4-9,11-12H,1,10H2,2-3H3,(H,19,20). The van der Waals surface area contributed by atoms with E-state index in [1.165, 1.54) is 0 Å². The number of anilines is 1. The van der Waals surface area contributed by atoms with Gasteiger partial charge in [-0.15, -0.1) is 0 Å². The van der Waals surface area contributed by atoms with Gasteiger partial charge < -0.3 is 14.8 Å². The summed E-state index contributed by atoms with van der Waals surface area (Å²) in [6.07, 6.45) is 1.66. The third-order valence-corrected chi connectivity index (χ3v) is 3.07. The van der Waals surface area contributed by atoms with Gasteiger partial charge >= 0.3 is 0 Å². The molecule has 22 heavy (non-hydrogen) atoms. The van der Waals surface area contributed by atoms with E-state index in [0.717, 1.165) is 5.56 Å². The fraction of sp³-hybridized carbons (Fsp3) is 0.167. The molecule has 0 aliphatic rings. The molecular weight excluding hydrogens is 278 g/mol. The van der Waals surface area contributed by atoms with E-state index in [-0.39, 0.29) is 5.91 Å². The van der Waals surface area contributed by atoms with Crippen LogP contribution in [0.15, 0.2) is 55.1 Å². The van der Waals surface area contributed by atoms with Crippen LogP contribution in [0.3, 0.4) is 0 Å². The molecule has 4 nitrogen and oxygen atoms in total. The van der Waals surface area contributed by atoms with Crippen molar-refractivity contribution < 1.29 is 14.3 Å². The first-order valence-corrected chi connectivity index (χ1v) is 6.94. The van der Waals surface area contributed by atoms with Gasteiger partial charge in [-0.1, -0.05) is 24.8 Å². The smallest absolute Gasteiger partial charge is 0.255 e. The van der Waals surface area contributed by atoms with Crippen molar-refractivity contribution in [3.8, 4) is 11.5 Å². The first-order valence-electron chi connectivity index (χ1n) is 6.94. The summed E-state index contributed by atoms with van der Waals surface area (Å²) in [5, 5.41) is 2.86. The lowest BCUT2D eigenvalue weighted by atomic mass is 10.1. The number of carbonyl (C=O) groups is 1. The normalized spacial score (nSPS) is 9.91. The summed E-state index contributed by atoms with van der Waals surface area (Å²) < 4.78 is 10.7. The summed E-state index contributed by atoms with van der Waals surface area (Å²) in [4.78, 5) is 12.4. The highest BCUT2D eigenvalue weighted by Gasteiger charge is 2.10. The van der Waals surface area contributed by atoms with Crippen molar-refractivity contribution in [2.75, 3.05) is 19.0 Å². The maximum atomic E-state index is 12.4. The number of ether oxygens (including phenoxy) is 2. The molecule has 2 aromatic rings. The molecule has 1 N–H and O–H groups in total. The number of hydrogen-bond donors (Lipinski definition) is 1. The molecule has 0 heterocycles. The van der Waals surface area contributed by atoms with Gasteiger partial charge in [0.15, 0.2) is 0 Å². The third kappa shape index (κ3) is 3.88. The number of aryl methyl sites for hydroxylation is 1. The first-order chi connectivity index (χ1) is 10.6. The molecular formula is C18H19NO3. The topological polar surface area (TPSA) is 47.6 Å². The lowest BCUT2D eigenvalue weighted by Gasteiger charge is -2.11. The van der Waals surface area contributed by atoms with E-state index in [1.807, 2.05) is 25.1 Å². The van der Waals surface area contributed by atoms with E-state index in [4.69, 9.17) is 9.47 Å². The Morgan fingerprint density at radius 3 is 2.82 bits per heavy atom. The van der Waals surface area contributed by atoms with Crippen molar-refractivity contribution in [1.29, 1.82) is 0 Å². The van der Waals surface area contributed by atoms with Crippen molar-refractivity contribution in [3.05, 3.63) is 66.2 Å². The van der Waals surface area contributed by atoms with E-state index < -0.39 is 0 Å². The Hall–Kier alpha value is -2.75. The van der Waals surface area contributed by atoms with Crippen molar-refractivity contribution in [1.82, 2.24) is 0 Å². The summed E-state index contributed by atoms with van der Waals surface area (Å²) in [5.74, 6) is 1.04. The van der Waals surface area contributed by atoms with Crippen LogP contribution < -0.4 is 14.8 Å². The van der Waals surface area contributed by atoms with Crippen LogP contribution in [0.25, 0.3) is 0 Å². The molecule has 0 aliphatic carbocycles. The molecule has 0 aliphatic heterocycles. The molecule has 0 fully saturated rings. The third-order valence-electron chi connectivity index (χ3n) is 3.07. The zero-order chi connectivity index (χ0) is 15.9. The van der Waals surface area contributed by atoms with Crippen molar-refractivity contribution in [3.63, 3.8) is 0 Å². The number of amides is 1. The second-order valence-electron chi connectivity index (χ2n) is 4.79. The largest absolute Gasteiger partial charge is 0.495 e. The average molecular weight is 297 g/mol. The Balaban J connectivity index is 2.18. The van der Waals surface area contributed by atoms with E-state index in [0.29, 0.717) is 29.4 Å². The molecule has 4 heteroatoms. The van der Waals surface area contributed by atoms with Crippen molar-refractivity contribution >= 4 is 11.6 Å². The number of nitrogens with one attached hydrogen (secondary N) is 1. The lowest BCUT2D eigenvalue weighted by molar-refractivity contribution is 0.102. The second-order valence-corrected chi connectivity index (χ2v) is 4.79. The van der Waals surface area contributed by atoms with Gasteiger partial charge in [-0.05, 0) is 42.8 Å². The number of benzene rings is 2. The molecule has 0 aromatic heterocycles. The Kier molecular flexibility index (Phi) is 5.20. The minimum atomic E-state index is -0.215. The average Bonchev–Trinajstić information content (AvgIpc) is 2.53. The minimum Gasteiger partial charge on any atom is -0.495 e. The highest BCUT2D eigenvalue weighted by molar-refractivity contribution is 6.05. The molecule has 0 saturated carbocycles. The monoisotopic (exact) mass is 297 g/mol. The zero-order valence-corrected chi connectivity index (χ0v) is 12.8.